The molecule has 1 N–H and O–H groups in total. The van der Waals surface area contributed by atoms with Crippen LogP contribution in [0.3, 0.4) is 0 Å². The Hall–Kier alpha value is -2.77. The molecular weight excluding hydrogens is 402 g/mol. The van der Waals surface area contributed by atoms with E-state index in [0.29, 0.717) is 16.8 Å². The number of aryl methyl sites for hydroxylation is 2. The van der Waals surface area contributed by atoms with Crippen LogP contribution in [-0.2, 0) is 17.8 Å². The first-order valence-corrected chi connectivity index (χ1v) is 11.1. The van der Waals surface area contributed by atoms with E-state index in [4.69, 9.17) is 0 Å². The first kappa shape index (κ1) is 19.5. The van der Waals surface area contributed by atoms with Gasteiger partial charge in [-0.15, -0.1) is 22.7 Å². The Balaban J connectivity index is 1.49. The van der Waals surface area contributed by atoms with Gasteiger partial charge in [-0.1, -0.05) is 24.3 Å². The van der Waals surface area contributed by atoms with E-state index in [9.17, 15) is 9.59 Å². The fourth-order valence-corrected chi connectivity index (χ4v) is 5.14. The summed E-state index contributed by atoms with van der Waals surface area (Å²) in [6.07, 6.45) is 2.22. The first-order chi connectivity index (χ1) is 14.0. The van der Waals surface area contributed by atoms with Gasteiger partial charge in [0.1, 0.15) is 11.4 Å². The smallest absolute Gasteiger partial charge is 0.263 e. The fraction of sp³-hybridized carbons (Fsp3) is 0.227. The van der Waals surface area contributed by atoms with E-state index < -0.39 is 0 Å². The summed E-state index contributed by atoms with van der Waals surface area (Å²) in [4.78, 5) is 32.7. The molecule has 0 spiro atoms. The highest BCUT2D eigenvalue weighted by Gasteiger charge is 2.15. The Morgan fingerprint density at radius 3 is 2.76 bits per heavy atom. The Bertz CT molecular complexity index is 1240. The molecule has 3 aromatic heterocycles. The van der Waals surface area contributed by atoms with Crippen LogP contribution in [0.1, 0.15) is 16.0 Å². The second kappa shape index (κ2) is 8.31. The van der Waals surface area contributed by atoms with Crippen LogP contribution < -0.4 is 10.9 Å². The molecule has 29 heavy (non-hydrogen) atoms. The van der Waals surface area contributed by atoms with E-state index in [1.807, 2.05) is 36.6 Å². The van der Waals surface area contributed by atoms with Gasteiger partial charge in [-0.2, -0.15) is 0 Å². The molecule has 1 amide bonds. The van der Waals surface area contributed by atoms with E-state index in [1.165, 1.54) is 38.2 Å². The standard InChI is InChI=1S/C22H21N3O2S2/c1-14-5-3-4-6-16(14)9-10-23-19(26)11-25-13-24-21-20(22(25)27)17(12-28-21)18-8-7-15(2)29-18/h3-8,12-13H,9-11H2,1-2H3,(H,23,26). The molecule has 0 unspecified atom stereocenters. The van der Waals surface area contributed by atoms with Crippen molar-refractivity contribution in [1.29, 1.82) is 0 Å². The van der Waals surface area contributed by atoms with Gasteiger partial charge in [-0.05, 0) is 43.5 Å². The molecule has 3 heterocycles. The van der Waals surface area contributed by atoms with Crippen molar-refractivity contribution in [1.82, 2.24) is 14.9 Å². The summed E-state index contributed by atoms with van der Waals surface area (Å²) in [6.45, 7) is 4.60. The zero-order valence-electron chi connectivity index (χ0n) is 16.3. The molecule has 148 valence electrons. The molecule has 0 bridgehead atoms. The highest BCUT2D eigenvalue weighted by atomic mass is 32.1. The summed E-state index contributed by atoms with van der Waals surface area (Å²) < 4.78 is 1.39. The quantitative estimate of drug-likeness (QED) is 0.506. The molecule has 0 atom stereocenters. The number of amides is 1. The van der Waals surface area contributed by atoms with Gasteiger partial charge in [-0.3, -0.25) is 14.2 Å². The molecule has 0 saturated heterocycles. The maximum atomic E-state index is 13.0. The van der Waals surface area contributed by atoms with E-state index in [-0.39, 0.29) is 18.0 Å². The second-order valence-corrected chi connectivity index (χ2v) is 9.09. The monoisotopic (exact) mass is 423 g/mol. The molecular formula is C22H21N3O2S2. The minimum atomic E-state index is -0.189. The summed E-state index contributed by atoms with van der Waals surface area (Å²) in [7, 11) is 0. The Kier molecular flexibility index (Phi) is 5.60. The Labute approximate surface area is 176 Å². The number of rotatable bonds is 6. The van der Waals surface area contributed by atoms with Crippen molar-refractivity contribution < 1.29 is 4.79 Å². The lowest BCUT2D eigenvalue weighted by atomic mass is 10.1. The molecule has 0 aliphatic heterocycles. The Morgan fingerprint density at radius 2 is 2.00 bits per heavy atom. The lowest BCUT2D eigenvalue weighted by Crippen LogP contribution is -2.33. The molecule has 0 aliphatic rings. The van der Waals surface area contributed by atoms with Gasteiger partial charge < -0.3 is 5.32 Å². The molecule has 4 aromatic rings. The van der Waals surface area contributed by atoms with E-state index in [0.717, 1.165) is 16.9 Å². The zero-order valence-corrected chi connectivity index (χ0v) is 17.9. The van der Waals surface area contributed by atoms with Crippen LogP contribution in [0, 0.1) is 13.8 Å². The van der Waals surface area contributed by atoms with Crippen LogP contribution >= 0.6 is 22.7 Å². The molecule has 1 aromatic carbocycles. The van der Waals surface area contributed by atoms with Crippen LogP contribution in [0.15, 0.2) is 52.9 Å². The topological polar surface area (TPSA) is 64.0 Å². The first-order valence-electron chi connectivity index (χ1n) is 9.37. The maximum Gasteiger partial charge on any atom is 0.263 e. The normalized spacial score (nSPS) is 11.1. The van der Waals surface area contributed by atoms with Gasteiger partial charge >= 0.3 is 0 Å². The van der Waals surface area contributed by atoms with Gasteiger partial charge in [0.05, 0.1) is 11.7 Å². The van der Waals surface area contributed by atoms with Crippen LogP contribution in [0.4, 0.5) is 0 Å². The third-order valence-electron chi connectivity index (χ3n) is 4.86. The van der Waals surface area contributed by atoms with Crippen molar-refractivity contribution in [3.8, 4) is 10.4 Å². The minimum Gasteiger partial charge on any atom is -0.354 e. The second-order valence-electron chi connectivity index (χ2n) is 6.94. The van der Waals surface area contributed by atoms with Gasteiger partial charge in [-0.25, -0.2) is 4.98 Å². The lowest BCUT2D eigenvalue weighted by molar-refractivity contribution is -0.121. The van der Waals surface area contributed by atoms with Gasteiger partial charge in [0, 0.05) is 27.2 Å². The summed E-state index contributed by atoms with van der Waals surface area (Å²) >= 11 is 3.10. The van der Waals surface area contributed by atoms with Crippen LogP contribution in [-0.4, -0.2) is 22.0 Å². The van der Waals surface area contributed by atoms with Crippen molar-refractivity contribution in [3.63, 3.8) is 0 Å². The molecule has 0 fully saturated rings. The number of hydrogen-bond acceptors (Lipinski definition) is 5. The van der Waals surface area contributed by atoms with Crippen LogP contribution in [0.2, 0.25) is 0 Å². The van der Waals surface area contributed by atoms with Crippen molar-refractivity contribution >= 4 is 38.8 Å². The molecule has 7 heteroatoms. The average molecular weight is 424 g/mol. The summed E-state index contributed by atoms with van der Waals surface area (Å²) in [5, 5.41) is 5.46. The van der Waals surface area contributed by atoms with Crippen molar-refractivity contribution in [2.24, 2.45) is 0 Å². The van der Waals surface area contributed by atoms with Crippen molar-refractivity contribution in [2.75, 3.05) is 6.54 Å². The van der Waals surface area contributed by atoms with Crippen LogP contribution in [0.5, 0.6) is 0 Å². The number of nitrogens with one attached hydrogen (secondary N) is 1. The number of aromatic nitrogens is 2. The predicted molar refractivity (Wildman–Crippen MR) is 120 cm³/mol. The highest BCUT2D eigenvalue weighted by Crippen LogP contribution is 2.34. The number of nitrogens with zero attached hydrogens (tertiary/aromatic N) is 2. The van der Waals surface area contributed by atoms with Crippen molar-refractivity contribution in [3.05, 3.63) is 74.5 Å². The third-order valence-corrected chi connectivity index (χ3v) is 6.78. The van der Waals surface area contributed by atoms with Crippen LogP contribution in [0.25, 0.3) is 20.7 Å². The average Bonchev–Trinajstić information content (AvgIpc) is 3.32. The fourth-order valence-electron chi connectivity index (χ4n) is 3.28. The molecule has 0 saturated carbocycles. The lowest BCUT2D eigenvalue weighted by Gasteiger charge is -2.09. The van der Waals surface area contributed by atoms with Crippen molar-refractivity contribution in [2.45, 2.75) is 26.8 Å². The number of carbonyl (C=O) groups is 1. The number of hydrogen-bond donors (Lipinski definition) is 1. The van der Waals surface area contributed by atoms with E-state index >= 15 is 0 Å². The number of carbonyl (C=O) groups excluding carboxylic acids is 1. The SMILES string of the molecule is Cc1ccc(-c2csc3ncn(CC(=O)NCCc4ccccc4C)c(=O)c23)s1. The maximum absolute atomic E-state index is 13.0. The predicted octanol–water partition coefficient (Wildman–Crippen LogP) is 4.16. The molecule has 0 aliphatic carbocycles. The highest BCUT2D eigenvalue weighted by molar-refractivity contribution is 7.19. The van der Waals surface area contributed by atoms with Gasteiger partial charge in [0.2, 0.25) is 5.91 Å². The summed E-state index contributed by atoms with van der Waals surface area (Å²) in [6, 6.07) is 12.2. The third kappa shape index (κ3) is 4.16. The van der Waals surface area contributed by atoms with Gasteiger partial charge in [0.15, 0.2) is 0 Å². The Morgan fingerprint density at radius 1 is 1.17 bits per heavy atom. The summed E-state index contributed by atoms with van der Waals surface area (Å²) in [5.74, 6) is -0.189. The van der Waals surface area contributed by atoms with E-state index in [2.05, 4.69) is 29.4 Å². The molecule has 4 rings (SSSR count). The number of fused-ring (bicyclic) bond motifs is 1. The number of thiophene rings is 2. The van der Waals surface area contributed by atoms with Gasteiger partial charge in [0.25, 0.3) is 5.56 Å². The zero-order chi connectivity index (χ0) is 20.4. The number of benzene rings is 1. The molecule has 5 nitrogen and oxygen atoms in total. The minimum absolute atomic E-state index is 0.0334. The summed E-state index contributed by atoms with van der Waals surface area (Å²) in [5.41, 5.74) is 3.14. The van der Waals surface area contributed by atoms with E-state index in [1.54, 1.807) is 11.3 Å². The molecule has 0 radical (unpaired) electrons. The largest absolute Gasteiger partial charge is 0.354 e.